The Morgan fingerprint density at radius 3 is 2.37 bits per heavy atom. The van der Waals surface area contributed by atoms with E-state index in [-0.39, 0.29) is 12.5 Å². The van der Waals surface area contributed by atoms with Crippen LogP contribution in [0.15, 0.2) is 30.3 Å². The maximum Gasteiger partial charge on any atom is 0.241 e. The Morgan fingerprint density at radius 2 is 1.84 bits per heavy atom. The number of anilines is 1. The molecule has 0 radical (unpaired) electrons. The van der Waals surface area contributed by atoms with Gasteiger partial charge in [0, 0.05) is 18.8 Å². The van der Waals surface area contributed by atoms with E-state index in [1.807, 2.05) is 42.2 Å². The standard InChI is InChI=1S/C15H24N2O2/c1-3-10-16(11-12-18)13-15(19)17(4-2)14-8-6-5-7-9-14/h5-9,18H,3-4,10-13H2,1-2H3. The summed E-state index contributed by atoms with van der Waals surface area (Å²) >= 11 is 0. The van der Waals surface area contributed by atoms with Gasteiger partial charge in [0.1, 0.15) is 0 Å². The highest BCUT2D eigenvalue weighted by Gasteiger charge is 2.16. The summed E-state index contributed by atoms with van der Waals surface area (Å²) in [7, 11) is 0. The number of benzene rings is 1. The molecule has 0 bridgehead atoms. The minimum absolute atomic E-state index is 0.0793. The van der Waals surface area contributed by atoms with Crippen molar-refractivity contribution in [2.24, 2.45) is 0 Å². The third kappa shape index (κ3) is 5.01. The fraction of sp³-hybridized carbons (Fsp3) is 0.533. The summed E-state index contributed by atoms with van der Waals surface area (Å²) in [6, 6.07) is 9.69. The number of likely N-dealkylation sites (N-methyl/N-ethyl adjacent to an activating group) is 1. The number of aliphatic hydroxyl groups is 1. The van der Waals surface area contributed by atoms with Crippen LogP contribution in [0, 0.1) is 0 Å². The highest BCUT2D eigenvalue weighted by atomic mass is 16.3. The molecule has 0 saturated heterocycles. The van der Waals surface area contributed by atoms with E-state index in [0.717, 1.165) is 18.7 Å². The van der Waals surface area contributed by atoms with Crippen LogP contribution in [0.3, 0.4) is 0 Å². The average molecular weight is 264 g/mol. The molecule has 0 atom stereocenters. The van der Waals surface area contributed by atoms with Gasteiger partial charge in [0.2, 0.25) is 5.91 Å². The number of nitrogens with zero attached hydrogens (tertiary/aromatic N) is 2. The van der Waals surface area contributed by atoms with Crippen LogP contribution in [-0.4, -0.2) is 48.7 Å². The molecule has 4 nitrogen and oxygen atoms in total. The van der Waals surface area contributed by atoms with E-state index in [9.17, 15) is 4.79 Å². The van der Waals surface area contributed by atoms with E-state index in [1.54, 1.807) is 4.90 Å². The van der Waals surface area contributed by atoms with Crippen molar-refractivity contribution in [1.29, 1.82) is 0 Å². The van der Waals surface area contributed by atoms with E-state index in [4.69, 9.17) is 5.11 Å². The second-order valence-corrected chi connectivity index (χ2v) is 4.47. The third-order valence-electron chi connectivity index (χ3n) is 3.00. The zero-order valence-corrected chi connectivity index (χ0v) is 11.9. The number of amides is 1. The Labute approximate surface area is 115 Å². The van der Waals surface area contributed by atoms with Gasteiger partial charge >= 0.3 is 0 Å². The largest absolute Gasteiger partial charge is 0.395 e. The molecule has 106 valence electrons. The third-order valence-corrected chi connectivity index (χ3v) is 3.00. The minimum atomic E-state index is 0.0793. The molecule has 0 unspecified atom stereocenters. The topological polar surface area (TPSA) is 43.8 Å². The number of rotatable bonds is 8. The second kappa shape index (κ2) is 8.67. The van der Waals surface area contributed by atoms with Crippen LogP contribution >= 0.6 is 0 Å². The van der Waals surface area contributed by atoms with E-state index < -0.39 is 0 Å². The molecule has 1 N–H and O–H groups in total. The van der Waals surface area contributed by atoms with Gasteiger partial charge in [-0.1, -0.05) is 25.1 Å². The number of aliphatic hydroxyl groups excluding tert-OH is 1. The minimum Gasteiger partial charge on any atom is -0.395 e. The van der Waals surface area contributed by atoms with Gasteiger partial charge < -0.3 is 10.0 Å². The van der Waals surface area contributed by atoms with Crippen molar-refractivity contribution in [2.45, 2.75) is 20.3 Å². The second-order valence-electron chi connectivity index (χ2n) is 4.47. The lowest BCUT2D eigenvalue weighted by Crippen LogP contribution is -2.41. The predicted octanol–water partition coefficient (Wildman–Crippen LogP) is 1.74. The first-order valence-electron chi connectivity index (χ1n) is 6.91. The van der Waals surface area contributed by atoms with E-state index in [0.29, 0.717) is 19.6 Å². The summed E-state index contributed by atoms with van der Waals surface area (Å²) in [4.78, 5) is 16.1. The van der Waals surface area contributed by atoms with Crippen molar-refractivity contribution in [3.63, 3.8) is 0 Å². The fourth-order valence-corrected chi connectivity index (χ4v) is 2.12. The van der Waals surface area contributed by atoms with Crippen LogP contribution in [0.4, 0.5) is 5.69 Å². The number of hydrogen-bond acceptors (Lipinski definition) is 3. The van der Waals surface area contributed by atoms with Crippen LogP contribution in [0.1, 0.15) is 20.3 Å². The first-order chi connectivity index (χ1) is 9.22. The number of hydrogen-bond donors (Lipinski definition) is 1. The van der Waals surface area contributed by atoms with Crippen molar-refractivity contribution in [2.75, 3.05) is 37.7 Å². The zero-order chi connectivity index (χ0) is 14.1. The molecule has 0 aliphatic rings. The summed E-state index contributed by atoms with van der Waals surface area (Å²) in [6.45, 7) is 6.53. The van der Waals surface area contributed by atoms with E-state index >= 15 is 0 Å². The normalized spacial score (nSPS) is 10.7. The van der Waals surface area contributed by atoms with Crippen molar-refractivity contribution < 1.29 is 9.90 Å². The molecule has 0 aliphatic carbocycles. The molecule has 0 spiro atoms. The quantitative estimate of drug-likeness (QED) is 0.778. The van der Waals surface area contributed by atoms with E-state index in [1.165, 1.54) is 0 Å². The molecule has 0 heterocycles. The summed E-state index contributed by atoms with van der Waals surface area (Å²) in [5.74, 6) is 0.0793. The lowest BCUT2D eigenvalue weighted by atomic mass is 10.2. The van der Waals surface area contributed by atoms with Crippen molar-refractivity contribution >= 4 is 11.6 Å². The van der Waals surface area contributed by atoms with E-state index in [2.05, 4.69) is 6.92 Å². The van der Waals surface area contributed by atoms with Gasteiger partial charge in [-0.05, 0) is 32.0 Å². The molecular weight excluding hydrogens is 240 g/mol. The molecule has 1 aromatic carbocycles. The van der Waals surface area contributed by atoms with Gasteiger partial charge in [0.05, 0.1) is 13.2 Å². The molecule has 19 heavy (non-hydrogen) atoms. The SMILES string of the molecule is CCCN(CCO)CC(=O)N(CC)c1ccccc1. The smallest absolute Gasteiger partial charge is 0.241 e. The summed E-state index contributed by atoms with van der Waals surface area (Å²) in [5.41, 5.74) is 0.926. The Hall–Kier alpha value is -1.39. The summed E-state index contributed by atoms with van der Waals surface area (Å²) in [5, 5.41) is 9.02. The number of carbonyl (C=O) groups is 1. The van der Waals surface area contributed by atoms with Gasteiger partial charge in [-0.15, -0.1) is 0 Å². The van der Waals surface area contributed by atoms with Gasteiger partial charge in [-0.3, -0.25) is 9.69 Å². The lowest BCUT2D eigenvalue weighted by Gasteiger charge is -2.26. The molecule has 1 rings (SSSR count). The lowest BCUT2D eigenvalue weighted by molar-refractivity contribution is -0.119. The molecule has 0 aliphatic heterocycles. The Morgan fingerprint density at radius 1 is 1.16 bits per heavy atom. The monoisotopic (exact) mass is 264 g/mol. The van der Waals surface area contributed by atoms with Gasteiger partial charge in [0.25, 0.3) is 0 Å². The maximum atomic E-state index is 12.3. The predicted molar refractivity (Wildman–Crippen MR) is 78.3 cm³/mol. The zero-order valence-electron chi connectivity index (χ0n) is 11.9. The highest BCUT2D eigenvalue weighted by Crippen LogP contribution is 2.13. The van der Waals surface area contributed by atoms with Crippen molar-refractivity contribution in [1.82, 2.24) is 4.90 Å². The van der Waals surface area contributed by atoms with Crippen LogP contribution in [0.25, 0.3) is 0 Å². The molecule has 0 saturated carbocycles. The molecule has 0 fully saturated rings. The maximum absolute atomic E-state index is 12.3. The first-order valence-corrected chi connectivity index (χ1v) is 6.91. The molecule has 0 aromatic heterocycles. The Kier molecular flexibility index (Phi) is 7.15. The molecule has 4 heteroatoms. The van der Waals surface area contributed by atoms with Crippen LogP contribution < -0.4 is 4.90 Å². The number of para-hydroxylation sites is 1. The molecule has 1 amide bonds. The molecular formula is C15H24N2O2. The Balaban J connectivity index is 2.68. The van der Waals surface area contributed by atoms with Crippen LogP contribution in [0.2, 0.25) is 0 Å². The van der Waals surface area contributed by atoms with Gasteiger partial charge in [-0.25, -0.2) is 0 Å². The highest BCUT2D eigenvalue weighted by molar-refractivity contribution is 5.94. The van der Waals surface area contributed by atoms with Crippen LogP contribution in [0.5, 0.6) is 0 Å². The van der Waals surface area contributed by atoms with Crippen molar-refractivity contribution in [3.05, 3.63) is 30.3 Å². The first kappa shape index (κ1) is 15.7. The van der Waals surface area contributed by atoms with Crippen LogP contribution in [-0.2, 0) is 4.79 Å². The van der Waals surface area contributed by atoms with Gasteiger partial charge in [0.15, 0.2) is 0 Å². The molecule has 1 aromatic rings. The average Bonchev–Trinajstić information content (AvgIpc) is 2.41. The van der Waals surface area contributed by atoms with Gasteiger partial charge in [-0.2, -0.15) is 0 Å². The summed E-state index contributed by atoms with van der Waals surface area (Å²) in [6.07, 6.45) is 0.977. The fourth-order valence-electron chi connectivity index (χ4n) is 2.12. The van der Waals surface area contributed by atoms with Crippen molar-refractivity contribution in [3.8, 4) is 0 Å². The number of carbonyl (C=O) groups excluding carboxylic acids is 1. The Bertz CT molecular complexity index is 362. The summed E-state index contributed by atoms with van der Waals surface area (Å²) < 4.78 is 0.